The lowest BCUT2D eigenvalue weighted by Crippen LogP contribution is -2.41. The molecule has 2 N–H and O–H groups in total. The fourth-order valence-corrected chi connectivity index (χ4v) is 1.98. The lowest BCUT2D eigenvalue weighted by Gasteiger charge is -2.19. The monoisotopic (exact) mass is 356 g/mol. The maximum absolute atomic E-state index is 11.6. The van der Waals surface area contributed by atoms with E-state index in [-0.39, 0.29) is 32.2 Å². The zero-order valence-corrected chi connectivity index (χ0v) is 13.5. The lowest BCUT2D eigenvalue weighted by molar-refractivity contribution is -0.580. The quantitative estimate of drug-likeness (QED) is 0.577. The second-order valence-corrected chi connectivity index (χ2v) is 5.06. The molecule has 2 atom stereocenters. The maximum atomic E-state index is 11.6. The van der Waals surface area contributed by atoms with E-state index in [2.05, 4.69) is 0 Å². The number of carbonyl (C=O) groups is 1. The smallest absolute Gasteiger partial charge is 0.338 e. The molecule has 138 valence electrons. The highest BCUT2D eigenvalue weighted by molar-refractivity contribution is 5.79. The number of rotatable bonds is 2. The molecule has 0 aliphatic carbocycles. The minimum absolute atomic E-state index is 0.167. The van der Waals surface area contributed by atoms with Crippen LogP contribution in [0.1, 0.15) is 0 Å². The minimum Gasteiger partial charge on any atom is -0.487 e. The molecule has 2 unspecified atom stereocenters. The zero-order valence-electron chi connectivity index (χ0n) is 13.5. The third-order valence-electron chi connectivity index (χ3n) is 3.23. The van der Waals surface area contributed by atoms with Crippen molar-refractivity contribution < 1.29 is 33.4 Å². The van der Waals surface area contributed by atoms with Crippen LogP contribution in [0.2, 0.25) is 0 Å². The van der Waals surface area contributed by atoms with Gasteiger partial charge in [0.2, 0.25) is 0 Å². The topological polar surface area (TPSA) is 132 Å². The Kier molecular flexibility index (Phi) is 7.38. The van der Waals surface area contributed by atoms with Gasteiger partial charge in [0.05, 0.1) is 24.7 Å². The molecule has 25 heavy (non-hydrogen) atoms. The molecule has 0 aromatic heterocycles. The van der Waals surface area contributed by atoms with E-state index in [1.807, 2.05) is 0 Å². The van der Waals surface area contributed by atoms with Crippen molar-refractivity contribution in [1.29, 1.82) is 0 Å². The summed E-state index contributed by atoms with van der Waals surface area (Å²) in [6.45, 7) is 0.307. The van der Waals surface area contributed by atoms with Gasteiger partial charge in [-0.15, -0.1) is 0 Å². The molecule has 0 saturated carbocycles. The van der Waals surface area contributed by atoms with E-state index >= 15 is 0 Å². The molecular weight excluding hydrogens is 336 g/mol. The van der Waals surface area contributed by atoms with Gasteiger partial charge in [0.15, 0.2) is 17.6 Å². The molecule has 0 saturated heterocycles. The molecule has 1 heterocycles. The van der Waals surface area contributed by atoms with Crippen LogP contribution in [0, 0.1) is 10.1 Å². The van der Waals surface area contributed by atoms with Crippen molar-refractivity contribution in [2.45, 2.75) is 12.3 Å². The van der Waals surface area contributed by atoms with Crippen LogP contribution in [-0.4, -0.2) is 62.8 Å². The Morgan fingerprint density at radius 1 is 1.08 bits per heavy atom. The van der Waals surface area contributed by atoms with E-state index in [1.165, 1.54) is 0 Å². The molecule has 1 aromatic rings. The van der Waals surface area contributed by atoms with Crippen molar-refractivity contribution in [3.05, 3.63) is 34.4 Å². The molecular formula is C15H20N2O8. The predicted octanol–water partition coefficient (Wildman–Crippen LogP) is -0.0357. The molecule has 1 aliphatic heterocycles. The van der Waals surface area contributed by atoms with Gasteiger partial charge in [-0.1, -0.05) is 12.1 Å². The Labute approximate surface area is 143 Å². The number of nitrogens with zero attached hydrogens (tertiary/aromatic N) is 1. The molecule has 0 bridgehead atoms. The van der Waals surface area contributed by atoms with Crippen LogP contribution in [0.3, 0.4) is 0 Å². The highest BCUT2D eigenvalue weighted by atomic mass is 16.7. The SMILES string of the molecule is NC(=O)C1COC([N+](=O)[O-])COCCOCCOc2ccccc2O1. The van der Waals surface area contributed by atoms with Crippen LogP contribution < -0.4 is 15.2 Å². The van der Waals surface area contributed by atoms with Gasteiger partial charge in [0, 0.05) is 0 Å². The summed E-state index contributed by atoms with van der Waals surface area (Å²) in [4.78, 5) is 22.0. The van der Waals surface area contributed by atoms with Crippen molar-refractivity contribution in [3.63, 3.8) is 0 Å². The summed E-state index contributed by atoms with van der Waals surface area (Å²) in [6.07, 6.45) is -2.66. The van der Waals surface area contributed by atoms with Crippen molar-refractivity contribution in [3.8, 4) is 11.5 Å². The Morgan fingerprint density at radius 2 is 1.76 bits per heavy atom. The number of ether oxygens (including phenoxy) is 5. The molecule has 2 rings (SSSR count). The van der Waals surface area contributed by atoms with Gasteiger partial charge >= 0.3 is 6.23 Å². The largest absolute Gasteiger partial charge is 0.487 e. The summed E-state index contributed by atoms with van der Waals surface area (Å²) in [7, 11) is 0. The summed E-state index contributed by atoms with van der Waals surface area (Å²) in [5, 5.41) is 11.0. The first-order chi connectivity index (χ1) is 12.1. The number of nitro groups is 1. The van der Waals surface area contributed by atoms with Crippen molar-refractivity contribution in [2.24, 2.45) is 5.73 Å². The van der Waals surface area contributed by atoms with Crippen LogP contribution in [0.15, 0.2) is 24.3 Å². The Morgan fingerprint density at radius 3 is 2.48 bits per heavy atom. The first-order valence-corrected chi connectivity index (χ1v) is 7.66. The normalized spacial score (nSPS) is 23.0. The summed E-state index contributed by atoms with van der Waals surface area (Å²) >= 11 is 0. The number of para-hydroxylation sites is 2. The number of hydrogen-bond donors (Lipinski definition) is 1. The highest BCUT2D eigenvalue weighted by Gasteiger charge is 2.27. The predicted molar refractivity (Wildman–Crippen MR) is 83.9 cm³/mol. The molecule has 0 spiro atoms. The van der Waals surface area contributed by atoms with Crippen LogP contribution in [-0.2, 0) is 19.0 Å². The number of nitrogens with two attached hydrogens (primary N) is 1. The number of amides is 1. The van der Waals surface area contributed by atoms with Crippen LogP contribution in [0.25, 0.3) is 0 Å². The third kappa shape index (κ3) is 6.18. The van der Waals surface area contributed by atoms with Gasteiger partial charge in [0.25, 0.3) is 5.91 Å². The van der Waals surface area contributed by atoms with Gasteiger partial charge in [0.1, 0.15) is 19.8 Å². The molecule has 0 fully saturated rings. The van der Waals surface area contributed by atoms with Crippen LogP contribution >= 0.6 is 0 Å². The second-order valence-electron chi connectivity index (χ2n) is 5.06. The Hall–Kier alpha value is -2.43. The fraction of sp³-hybridized carbons (Fsp3) is 0.533. The van der Waals surface area contributed by atoms with Crippen molar-refractivity contribution in [2.75, 3.05) is 39.6 Å². The average molecular weight is 356 g/mol. The van der Waals surface area contributed by atoms with Crippen molar-refractivity contribution in [1.82, 2.24) is 0 Å². The van der Waals surface area contributed by atoms with E-state index in [4.69, 9.17) is 29.4 Å². The molecule has 1 aromatic carbocycles. The first-order valence-electron chi connectivity index (χ1n) is 7.66. The van der Waals surface area contributed by atoms with Gasteiger partial charge < -0.3 is 29.4 Å². The van der Waals surface area contributed by atoms with E-state index < -0.39 is 29.8 Å². The summed E-state index contributed by atoms with van der Waals surface area (Å²) in [5.41, 5.74) is 5.30. The molecule has 1 aliphatic rings. The van der Waals surface area contributed by atoms with Gasteiger partial charge in [-0.3, -0.25) is 14.9 Å². The number of fused-ring (bicyclic) bond motifs is 1. The number of hydrogen-bond acceptors (Lipinski definition) is 8. The minimum atomic E-state index is -1.44. The van der Waals surface area contributed by atoms with Gasteiger partial charge in [-0.05, 0) is 12.1 Å². The van der Waals surface area contributed by atoms with Crippen LogP contribution in [0.4, 0.5) is 0 Å². The zero-order chi connectivity index (χ0) is 18.1. The molecule has 10 nitrogen and oxygen atoms in total. The lowest BCUT2D eigenvalue weighted by atomic mass is 10.3. The molecule has 0 radical (unpaired) electrons. The Bertz CT molecular complexity index is 582. The van der Waals surface area contributed by atoms with E-state index in [1.54, 1.807) is 24.3 Å². The second kappa shape index (κ2) is 9.77. The van der Waals surface area contributed by atoms with Crippen LogP contribution in [0.5, 0.6) is 11.5 Å². The Balaban J connectivity index is 2.14. The van der Waals surface area contributed by atoms with Gasteiger partial charge in [-0.25, -0.2) is 0 Å². The first kappa shape index (κ1) is 18.9. The fourth-order valence-electron chi connectivity index (χ4n) is 1.98. The van der Waals surface area contributed by atoms with E-state index in [9.17, 15) is 14.9 Å². The van der Waals surface area contributed by atoms with E-state index in [0.717, 1.165) is 0 Å². The van der Waals surface area contributed by atoms with Gasteiger partial charge in [-0.2, -0.15) is 0 Å². The molecule has 1 amide bonds. The summed E-state index contributed by atoms with van der Waals surface area (Å²) in [6, 6.07) is 6.69. The van der Waals surface area contributed by atoms with Crippen molar-refractivity contribution >= 4 is 5.91 Å². The summed E-state index contributed by atoms with van der Waals surface area (Å²) in [5.74, 6) is -0.140. The number of carbonyl (C=O) groups excluding carboxylic acids is 1. The highest BCUT2D eigenvalue weighted by Crippen LogP contribution is 2.27. The average Bonchev–Trinajstić information content (AvgIpc) is 2.59. The standard InChI is InChI=1S/C15H20N2O8/c16-15(18)13-9-24-14(17(19)20)10-22-6-5-21-7-8-23-11-3-1-2-4-12(11)25-13/h1-4,13-14H,5-10H2,(H2,16,18). The third-order valence-corrected chi connectivity index (χ3v) is 3.23. The number of primary amides is 1. The molecule has 10 heteroatoms. The van der Waals surface area contributed by atoms with E-state index in [0.29, 0.717) is 12.4 Å². The maximum Gasteiger partial charge on any atom is 0.338 e. The number of benzene rings is 1. The summed E-state index contributed by atoms with van der Waals surface area (Å²) < 4.78 is 26.7.